The lowest BCUT2D eigenvalue weighted by Crippen LogP contribution is -2.33. The smallest absolute Gasteiger partial charge is 0.0880 e. The van der Waals surface area contributed by atoms with Gasteiger partial charge in [0.25, 0.3) is 0 Å². The quantitative estimate of drug-likeness (QED) is 0.499. The molecule has 0 amide bonds. The number of hydrogen-bond donors (Lipinski definition) is 0. The van der Waals surface area contributed by atoms with Gasteiger partial charge in [0.1, 0.15) is 0 Å². The van der Waals surface area contributed by atoms with Gasteiger partial charge in [-0.25, -0.2) is 0 Å². The minimum atomic E-state index is -0.295. The Morgan fingerprint density at radius 2 is 0.929 bits per heavy atom. The standard InChI is InChI=1S/C23H40O.2C2H6/c1-13-24-23(11,12)19-17(21(5,6)7)14-16(20(2,3)4)15-18(19)22(8,9)10;2*1-2/h14-15H,13H2,1-12H3;2*1-2H3. The summed E-state index contributed by atoms with van der Waals surface area (Å²) >= 11 is 0. The van der Waals surface area contributed by atoms with E-state index in [9.17, 15) is 0 Å². The molecule has 1 rings (SSSR count). The summed E-state index contributed by atoms with van der Waals surface area (Å²) in [6, 6.07) is 4.84. The fraction of sp³-hybridized carbons (Fsp3) is 0.778. The molecule has 0 saturated heterocycles. The van der Waals surface area contributed by atoms with Crippen LogP contribution >= 0.6 is 0 Å². The molecule has 0 spiro atoms. The van der Waals surface area contributed by atoms with Crippen molar-refractivity contribution in [2.75, 3.05) is 6.61 Å². The first kappa shape index (κ1) is 29.4. The molecule has 1 heteroatoms. The SMILES string of the molecule is CC.CC.CCOC(C)(C)c1c(C(C)(C)C)cc(C(C)(C)C)cc1C(C)(C)C. The van der Waals surface area contributed by atoms with Crippen LogP contribution in [-0.4, -0.2) is 6.61 Å². The molecule has 1 aromatic rings. The lowest BCUT2D eigenvalue weighted by molar-refractivity contribution is -0.0164. The summed E-state index contributed by atoms with van der Waals surface area (Å²) in [7, 11) is 0. The van der Waals surface area contributed by atoms with Crippen molar-refractivity contribution in [3.63, 3.8) is 0 Å². The maximum atomic E-state index is 6.21. The third kappa shape index (κ3) is 7.90. The summed E-state index contributed by atoms with van der Waals surface area (Å²) in [5.74, 6) is 0. The predicted molar refractivity (Wildman–Crippen MR) is 130 cm³/mol. The average Bonchev–Trinajstić information content (AvgIpc) is 2.55. The first-order valence-corrected chi connectivity index (χ1v) is 11.4. The van der Waals surface area contributed by atoms with E-state index in [-0.39, 0.29) is 21.8 Å². The maximum absolute atomic E-state index is 6.21. The van der Waals surface area contributed by atoms with Crippen LogP contribution in [0.5, 0.6) is 0 Å². The Hall–Kier alpha value is -0.820. The van der Waals surface area contributed by atoms with Crippen LogP contribution in [-0.2, 0) is 26.6 Å². The summed E-state index contributed by atoms with van der Waals surface area (Å²) in [6.07, 6.45) is 0. The Morgan fingerprint density at radius 1 is 0.607 bits per heavy atom. The molecule has 0 heterocycles. The van der Waals surface area contributed by atoms with Crippen LogP contribution < -0.4 is 0 Å². The lowest BCUT2D eigenvalue weighted by Gasteiger charge is -2.39. The Kier molecular flexibility index (Phi) is 11.3. The third-order valence-corrected chi connectivity index (χ3v) is 4.73. The van der Waals surface area contributed by atoms with E-state index in [1.54, 1.807) is 0 Å². The zero-order chi connectivity index (χ0) is 23.1. The molecule has 0 saturated carbocycles. The fourth-order valence-electron chi connectivity index (χ4n) is 3.34. The van der Waals surface area contributed by atoms with Crippen LogP contribution in [0.25, 0.3) is 0 Å². The highest BCUT2D eigenvalue weighted by Crippen LogP contribution is 2.43. The molecule has 0 fully saturated rings. The maximum Gasteiger partial charge on any atom is 0.0880 e. The number of benzene rings is 1. The van der Waals surface area contributed by atoms with Gasteiger partial charge in [-0.3, -0.25) is 0 Å². The Balaban J connectivity index is 0. The third-order valence-electron chi connectivity index (χ3n) is 4.73. The Morgan fingerprint density at radius 3 is 1.14 bits per heavy atom. The molecule has 0 aliphatic carbocycles. The van der Waals surface area contributed by atoms with Crippen LogP contribution in [0.2, 0.25) is 0 Å². The number of rotatable bonds is 3. The number of hydrogen-bond acceptors (Lipinski definition) is 1. The van der Waals surface area contributed by atoms with Crippen molar-refractivity contribution >= 4 is 0 Å². The van der Waals surface area contributed by atoms with E-state index < -0.39 is 0 Å². The minimum absolute atomic E-state index is 0.0744. The van der Waals surface area contributed by atoms with Crippen molar-refractivity contribution in [1.29, 1.82) is 0 Å². The van der Waals surface area contributed by atoms with Gasteiger partial charge in [-0.05, 0) is 59.3 Å². The summed E-state index contributed by atoms with van der Waals surface area (Å²) in [5, 5.41) is 0. The second kappa shape index (κ2) is 10.8. The summed E-state index contributed by atoms with van der Waals surface area (Å²) in [6.45, 7) is 36.0. The van der Waals surface area contributed by atoms with Gasteiger partial charge in [0.2, 0.25) is 0 Å². The highest BCUT2D eigenvalue weighted by molar-refractivity contribution is 5.50. The predicted octanol–water partition coefficient (Wildman–Crippen LogP) is 8.90. The van der Waals surface area contributed by atoms with Gasteiger partial charge in [0.05, 0.1) is 5.60 Å². The Labute approximate surface area is 178 Å². The van der Waals surface area contributed by atoms with Crippen LogP contribution in [0.3, 0.4) is 0 Å². The molecular weight excluding hydrogens is 340 g/mol. The van der Waals surface area contributed by atoms with Gasteiger partial charge in [-0.1, -0.05) is 102 Å². The van der Waals surface area contributed by atoms with Crippen LogP contribution in [0.1, 0.15) is 133 Å². The first-order chi connectivity index (χ1) is 12.5. The molecule has 0 aromatic heterocycles. The highest BCUT2D eigenvalue weighted by atomic mass is 16.5. The van der Waals surface area contributed by atoms with Crippen LogP contribution in [0.15, 0.2) is 12.1 Å². The molecule has 0 aliphatic rings. The molecule has 166 valence electrons. The van der Waals surface area contributed by atoms with Crippen molar-refractivity contribution in [3.8, 4) is 0 Å². The molecule has 0 bridgehead atoms. The van der Waals surface area contributed by atoms with Gasteiger partial charge >= 0.3 is 0 Å². The fourth-order valence-corrected chi connectivity index (χ4v) is 3.34. The van der Waals surface area contributed by atoms with Crippen molar-refractivity contribution in [2.45, 2.75) is 133 Å². The largest absolute Gasteiger partial charge is 0.371 e. The van der Waals surface area contributed by atoms with Crippen molar-refractivity contribution in [3.05, 3.63) is 34.4 Å². The molecule has 0 aliphatic heterocycles. The van der Waals surface area contributed by atoms with E-state index >= 15 is 0 Å². The molecule has 0 atom stereocenters. The first-order valence-electron chi connectivity index (χ1n) is 11.4. The monoisotopic (exact) mass is 392 g/mol. The van der Waals surface area contributed by atoms with Crippen molar-refractivity contribution in [1.82, 2.24) is 0 Å². The van der Waals surface area contributed by atoms with Gasteiger partial charge < -0.3 is 4.74 Å². The zero-order valence-electron chi connectivity index (χ0n) is 22.3. The van der Waals surface area contributed by atoms with Crippen molar-refractivity contribution in [2.24, 2.45) is 0 Å². The van der Waals surface area contributed by atoms with E-state index in [4.69, 9.17) is 4.74 Å². The summed E-state index contributed by atoms with van der Waals surface area (Å²) in [4.78, 5) is 0. The van der Waals surface area contributed by atoms with E-state index in [1.165, 1.54) is 22.3 Å². The second-order valence-electron chi connectivity index (χ2n) is 10.6. The normalized spacial score (nSPS) is 12.6. The van der Waals surface area contributed by atoms with E-state index in [0.717, 1.165) is 6.61 Å². The van der Waals surface area contributed by atoms with E-state index in [1.807, 2.05) is 27.7 Å². The average molecular weight is 393 g/mol. The molecule has 1 nitrogen and oxygen atoms in total. The molecule has 1 aromatic carbocycles. The topological polar surface area (TPSA) is 9.23 Å². The molecule has 28 heavy (non-hydrogen) atoms. The summed E-state index contributed by atoms with van der Waals surface area (Å²) in [5.41, 5.74) is 5.60. The zero-order valence-corrected chi connectivity index (χ0v) is 22.3. The molecule has 0 radical (unpaired) electrons. The summed E-state index contributed by atoms with van der Waals surface area (Å²) < 4.78 is 6.21. The molecule has 0 N–H and O–H groups in total. The highest BCUT2D eigenvalue weighted by Gasteiger charge is 2.36. The van der Waals surface area contributed by atoms with Crippen LogP contribution in [0, 0.1) is 0 Å². The minimum Gasteiger partial charge on any atom is -0.371 e. The lowest BCUT2D eigenvalue weighted by atomic mass is 9.69. The Bertz CT molecular complexity index is 537. The van der Waals surface area contributed by atoms with Crippen molar-refractivity contribution < 1.29 is 4.74 Å². The molecular formula is C27H52O. The van der Waals surface area contributed by atoms with Gasteiger partial charge in [0.15, 0.2) is 0 Å². The van der Waals surface area contributed by atoms with E-state index in [0.29, 0.717) is 0 Å². The second-order valence-corrected chi connectivity index (χ2v) is 10.6. The van der Waals surface area contributed by atoms with Crippen LogP contribution in [0.4, 0.5) is 0 Å². The molecule has 0 unspecified atom stereocenters. The van der Waals surface area contributed by atoms with E-state index in [2.05, 4.69) is 95.2 Å². The van der Waals surface area contributed by atoms with Gasteiger partial charge in [0, 0.05) is 6.61 Å². The van der Waals surface area contributed by atoms with Gasteiger partial charge in [-0.2, -0.15) is 0 Å². The van der Waals surface area contributed by atoms with Gasteiger partial charge in [-0.15, -0.1) is 0 Å². The number of ether oxygens (including phenoxy) is 1.